The minimum atomic E-state index is -0.289. The molecule has 0 saturated heterocycles. The van der Waals surface area contributed by atoms with E-state index >= 15 is 0 Å². The first-order valence-corrected chi connectivity index (χ1v) is 10.1. The van der Waals surface area contributed by atoms with Crippen molar-refractivity contribution in [2.24, 2.45) is 0 Å². The first kappa shape index (κ1) is 20.1. The molecule has 4 aromatic rings. The summed E-state index contributed by atoms with van der Waals surface area (Å²) in [6.45, 7) is 0. The zero-order valence-electron chi connectivity index (χ0n) is 15.8. The number of nitrogens with one attached hydrogen (secondary N) is 2. The van der Waals surface area contributed by atoms with Crippen molar-refractivity contribution < 1.29 is 13.9 Å². The second-order valence-corrected chi connectivity index (χ2v) is 7.67. The van der Waals surface area contributed by atoms with Gasteiger partial charge < -0.3 is 14.5 Å². The van der Waals surface area contributed by atoms with Gasteiger partial charge in [-0.3, -0.25) is 10.1 Å². The maximum Gasteiger partial charge on any atom is 0.257 e. The predicted octanol–water partition coefficient (Wildman–Crippen LogP) is 5.39. The molecule has 150 valence electrons. The van der Waals surface area contributed by atoms with Crippen molar-refractivity contribution in [2.45, 2.75) is 0 Å². The molecule has 0 spiro atoms. The molecule has 0 aliphatic rings. The van der Waals surface area contributed by atoms with E-state index < -0.39 is 0 Å². The Balaban J connectivity index is 1.48. The van der Waals surface area contributed by atoms with Gasteiger partial charge in [-0.15, -0.1) is 0 Å². The number of benzene rings is 3. The van der Waals surface area contributed by atoms with E-state index in [0.717, 1.165) is 15.8 Å². The fourth-order valence-electron chi connectivity index (χ4n) is 2.82. The van der Waals surface area contributed by atoms with Gasteiger partial charge in [-0.05, 0) is 72.9 Å². The summed E-state index contributed by atoms with van der Waals surface area (Å²) in [7, 11) is 1.61. The van der Waals surface area contributed by atoms with Gasteiger partial charge in [0.2, 0.25) is 5.89 Å². The average molecular weight is 482 g/mol. The second-order valence-electron chi connectivity index (χ2n) is 6.35. The molecule has 0 radical (unpaired) electrons. The minimum Gasteiger partial charge on any atom is -0.497 e. The van der Waals surface area contributed by atoms with Crippen LogP contribution in [0.4, 0.5) is 5.69 Å². The lowest BCUT2D eigenvalue weighted by Gasteiger charge is -2.09. The lowest BCUT2D eigenvalue weighted by Crippen LogP contribution is -2.34. The summed E-state index contributed by atoms with van der Waals surface area (Å²) >= 11 is 8.60. The van der Waals surface area contributed by atoms with Gasteiger partial charge >= 0.3 is 0 Å². The van der Waals surface area contributed by atoms with Gasteiger partial charge in [-0.1, -0.05) is 22.0 Å². The third kappa shape index (κ3) is 4.50. The maximum absolute atomic E-state index is 12.3. The topological polar surface area (TPSA) is 76.4 Å². The molecule has 1 amide bonds. The molecule has 1 heterocycles. The zero-order valence-corrected chi connectivity index (χ0v) is 18.2. The summed E-state index contributed by atoms with van der Waals surface area (Å²) in [5, 5.41) is 5.86. The molecule has 4 rings (SSSR count). The first-order valence-electron chi connectivity index (χ1n) is 8.95. The Labute approximate surface area is 186 Å². The van der Waals surface area contributed by atoms with Crippen molar-refractivity contribution in [3.63, 3.8) is 0 Å². The minimum absolute atomic E-state index is 0.193. The van der Waals surface area contributed by atoms with Gasteiger partial charge in [-0.25, -0.2) is 4.98 Å². The molecule has 0 saturated carbocycles. The Bertz CT molecular complexity index is 1240. The maximum atomic E-state index is 12.3. The summed E-state index contributed by atoms with van der Waals surface area (Å²) in [6, 6.07) is 19.9. The molecule has 0 fully saturated rings. The standard InChI is InChI=1S/C22H16BrN3O3S/c1-28-17-4-2-3-14(11-17)21-25-18-12-16(9-10-19(18)29-21)24-22(30)26-20(27)13-5-7-15(23)8-6-13/h2-12H,1H3,(H2,24,26,27,30). The van der Waals surface area contributed by atoms with E-state index in [0.29, 0.717) is 28.2 Å². The number of nitrogens with zero attached hydrogens (tertiary/aromatic N) is 1. The van der Waals surface area contributed by atoms with Crippen LogP contribution in [0.3, 0.4) is 0 Å². The highest BCUT2D eigenvalue weighted by Gasteiger charge is 2.11. The third-order valence-corrected chi connectivity index (χ3v) is 5.03. The smallest absolute Gasteiger partial charge is 0.257 e. The first-order chi connectivity index (χ1) is 14.5. The van der Waals surface area contributed by atoms with Crippen LogP contribution in [0.5, 0.6) is 5.75 Å². The molecule has 8 heteroatoms. The number of rotatable bonds is 4. The van der Waals surface area contributed by atoms with E-state index in [-0.39, 0.29) is 11.0 Å². The fraction of sp³-hybridized carbons (Fsp3) is 0.0455. The SMILES string of the molecule is COc1cccc(-c2nc3cc(NC(=S)NC(=O)c4ccc(Br)cc4)ccc3o2)c1. The Kier molecular flexibility index (Phi) is 5.78. The number of thiocarbonyl (C=S) groups is 1. The summed E-state index contributed by atoms with van der Waals surface area (Å²) in [6.07, 6.45) is 0. The largest absolute Gasteiger partial charge is 0.497 e. The van der Waals surface area contributed by atoms with Crippen LogP contribution in [0.1, 0.15) is 10.4 Å². The predicted molar refractivity (Wildman–Crippen MR) is 124 cm³/mol. The van der Waals surface area contributed by atoms with E-state index in [2.05, 4.69) is 31.5 Å². The zero-order chi connectivity index (χ0) is 21.1. The Morgan fingerprint density at radius 2 is 1.90 bits per heavy atom. The number of oxazole rings is 1. The van der Waals surface area contributed by atoms with Crippen LogP contribution in [0.25, 0.3) is 22.6 Å². The molecule has 2 N–H and O–H groups in total. The van der Waals surface area contributed by atoms with Crippen molar-refractivity contribution >= 4 is 56.0 Å². The lowest BCUT2D eigenvalue weighted by molar-refractivity contribution is 0.0977. The van der Waals surface area contributed by atoms with Crippen LogP contribution >= 0.6 is 28.1 Å². The quantitative estimate of drug-likeness (QED) is 0.380. The van der Waals surface area contributed by atoms with Crippen LogP contribution in [-0.4, -0.2) is 23.1 Å². The van der Waals surface area contributed by atoms with Crippen LogP contribution in [0.15, 0.2) is 75.6 Å². The highest BCUT2D eigenvalue weighted by Crippen LogP contribution is 2.28. The summed E-state index contributed by atoms with van der Waals surface area (Å²) in [4.78, 5) is 16.8. The number of hydrogen-bond acceptors (Lipinski definition) is 5. The van der Waals surface area contributed by atoms with Crippen LogP contribution in [0.2, 0.25) is 0 Å². The van der Waals surface area contributed by atoms with E-state index in [4.69, 9.17) is 21.4 Å². The molecule has 0 aliphatic carbocycles. The van der Waals surface area contributed by atoms with Crippen LogP contribution < -0.4 is 15.4 Å². The third-order valence-electron chi connectivity index (χ3n) is 4.30. The molecule has 1 aromatic heterocycles. The summed E-state index contributed by atoms with van der Waals surface area (Å²) in [5.74, 6) is 0.930. The number of amides is 1. The molecule has 0 unspecified atom stereocenters. The van der Waals surface area contributed by atoms with Crippen molar-refractivity contribution in [3.8, 4) is 17.2 Å². The van der Waals surface area contributed by atoms with Crippen LogP contribution in [0, 0.1) is 0 Å². The number of methoxy groups -OCH3 is 1. The number of carbonyl (C=O) groups is 1. The van der Waals surface area contributed by atoms with E-state index in [1.165, 1.54) is 0 Å². The molecule has 0 aliphatic heterocycles. The van der Waals surface area contributed by atoms with Gasteiger partial charge in [0.05, 0.1) is 7.11 Å². The number of aromatic nitrogens is 1. The van der Waals surface area contributed by atoms with Crippen LogP contribution in [-0.2, 0) is 0 Å². The molecule has 30 heavy (non-hydrogen) atoms. The van der Waals surface area contributed by atoms with Crippen molar-refractivity contribution in [3.05, 3.63) is 76.8 Å². The monoisotopic (exact) mass is 481 g/mol. The fourth-order valence-corrected chi connectivity index (χ4v) is 3.30. The molecular formula is C22H16BrN3O3S. The highest BCUT2D eigenvalue weighted by atomic mass is 79.9. The number of halogens is 1. The molecular weight excluding hydrogens is 466 g/mol. The second kappa shape index (κ2) is 8.64. The van der Waals surface area contributed by atoms with E-state index in [1.54, 1.807) is 49.6 Å². The Morgan fingerprint density at radius 3 is 2.67 bits per heavy atom. The van der Waals surface area contributed by atoms with E-state index in [9.17, 15) is 4.79 Å². The average Bonchev–Trinajstić information content (AvgIpc) is 3.17. The van der Waals surface area contributed by atoms with Crippen molar-refractivity contribution in [1.29, 1.82) is 0 Å². The van der Waals surface area contributed by atoms with Crippen molar-refractivity contribution in [1.82, 2.24) is 10.3 Å². The number of ether oxygens (including phenoxy) is 1. The summed E-state index contributed by atoms with van der Waals surface area (Å²) < 4.78 is 12.0. The normalized spacial score (nSPS) is 10.6. The Hall–Kier alpha value is -3.23. The van der Waals surface area contributed by atoms with E-state index in [1.807, 2.05) is 24.3 Å². The van der Waals surface area contributed by atoms with Gasteiger partial charge in [0.1, 0.15) is 11.3 Å². The number of carbonyl (C=O) groups excluding carboxylic acids is 1. The molecule has 6 nitrogen and oxygen atoms in total. The molecule has 0 bridgehead atoms. The van der Waals surface area contributed by atoms with Gasteiger partial charge in [0, 0.05) is 21.3 Å². The van der Waals surface area contributed by atoms with Crippen molar-refractivity contribution in [2.75, 3.05) is 12.4 Å². The van der Waals surface area contributed by atoms with Gasteiger partial charge in [0.15, 0.2) is 10.7 Å². The number of anilines is 1. The lowest BCUT2D eigenvalue weighted by atomic mass is 10.2. The Morgan fingerprint density at radius 1 is 1.10 bits per heavy atom. The molecule has 0 atom stereocenters. The van der Waals surface area contributed by atoms with Gasteiger partial charge in [-0.2, -0.15) is 0 Å². The number of fused-ring (bicyclic) bond motifs is 1. The summed E-state index contributed by atoms with van der Waals surface area (Å²) in [5.41, 5.74) is 3.33. The van der Waals surface area contributed by atoms with Gasteiger partial charge in [0.25, 0.3) is 5.91 Å². The number of hydrogen-bond donors (Lipinski definition) is 2. The molecule has 3 aromatic carbocycles. The highest BCUT2D eigenvalue weighted by molar-refractivity contribution is 9.10.